The minimum atomic E-state index is -0.727. The molecule has 2 heterocycles. The first kappa shape index (κ1) is 15.2. The first-order chi connectivity index (χ1) is 11.0. The number of hydrogen-bond acceptors (Lipinski definition) is 4. The Kier molecular flexibility index (Phi) is 3.83. The molecular weight excluding hydrogens is 312 g/mol. The fraction of sp³-hybridized carbons (Fsp3) is 0.118. The summed E-state index contributed by atoms with van der Waals surface area (Å²) in [6, 6.07) is 8.32. The zero-order valence-electron chi connectivity index (χ0n) is 12.6. The summed E-state index contributed by atoms with van der Waals surface area (Å²) >= 11 is 1.41. The second kappa shape index (κ2) is 5.81. The average molecular weight is 326 g/mol. The molecule has 1 aromatic carbocycles. The van der Waals surface area contributed by atoms with E-state index >= 15 is 0 Å². The van der Waals surface area contributed by atoms with Crippen LogP contribution < -0.4 is 10.2 Å². The smallest absolute Gasteiger partial charge is 0.273 e. The SMILES string of the molecule is Cc1ccc(N2C(=O)NC(=O)C(=Cc3cccs3)C2=O)c(C)c1. The molecule has 0 saturated carbocycles. The lowest BCUT2D eigenvalue weighted by Crippen LogP contribution is -2.54. The van der Waals surface area contributed by atoms with E-state index in [1.165, 1.54) is 17.4 Å². The fourth-order valence-electron chi connectivity index (χ4n) is 2.45. The molecule has 1 N–H and O–H groups in total. The second-order valence-corrected chi connectivity index (χ2v) is 6.24. The maximum absolute atomic E-state index is 12.7. The molecule has 1 aromatic heterocycles. The maximum atomic E-state index is 12.7. The molecule has 5 nitrogen and oxygen atoms in total. The Bertz CT molecular complexity index is 838. The van der Waals surface area contributed by atoms with Crippen LogP contribution in [0.5, 0.6) is 0 Å². The van der Waals surface area contributed by atoms with Gasteiger partial charge in [0.05, 0.1) is 5.69 Å². The van der Waals surface area contributed by atoms with E-state index in [0.29, 0.717) is 5.69 Å². The van der Waals surface area contributed by atoms with Crippen LogP contribution in [0.25, 0.3) is 6.08 Å². The molecule has 1 aliphatic rings. The molecule has 2 aromatic rings. The summed E-state index contributed by atoms with van der Waals surface area (Å²) in [6.45, 7) is 3.75. The summed E-state index contributed by atoms with van der Waals surface area (Å²) in [5.74, 6) is -1.28. The topological polar surface area (TPSA) is 66.5 Å². The van der Waals surface area contributed by atoms with E-state index in [-0.39, 0.29) is 5.57 Å². The summed E-state index contributed by atoms with van der Waals surface area (Å²) < 4.78 is 0. The van der Waals surface area contributed by atoms with E-state index in [0.717, 1.165) is 20.9 Å². The number of urea groups is 1. The standard InChI is InChI=1S/C17H14N2O3S/c1-10-5-6-14(11(2)8-10)19-16(21)13(15(20)18-17(19)22)9-12-4-3-7-23-12/h3-9H,1-2H3,(H,18,20,22). The molecule has 1 fully saturated rings. The van der Waals surface area contributed by atoms with E-state index < -0.39 is 17.8 Å². The molecule has 6 heteroatoms. The van der Waals surface area contributed by atoms with Crippen molar-refractivity contribution in [2.24, 2.45) is 0 Å². The number of imide groups is 2. The number of thiophene rings is 1. The van der Waals surface area contributed by atoms with Gasteiger partial charge in [0.2, 0.25) is 0 Å². The molecule has 0 bridgehead atoms. The van der Waals surface area contributed by atoms with Crippen molar-refractivity contribution < 1.29 is 14.4 Å². The molecule has 116 valence electrons. The van der Waals surface area contributed by atoms with Gasteiger partial charge in [0.25, 0.3) is 11.8 Å². The zero-order valence-corrected chi connectivity index (χ0v) is 13.4. The van der Waals surface area contributed by atoms with Gasteiger partial charge in [0.15, 0.2) is 0 Å². The molecule has 1 saturated heterocycles. The minimum Gasteiger partial charge on any atom is -0.273 e. The van der Waals surface area contributed by atoms with Crippen molar-refractivity contribution in [1.29, 1.82) is 0 Å². The van der Waals surface area contributed by atoms with Gasteiger partial charge in [-0.2, -0.15) is 0 Å². The van der Waals surface area contributed by atoms with Crippen molar-refractivity contribution in [2.75, 3.05) is 4.90 Å². The lowest BCUT2D eigenvalue weighted by molar-refractivity contribution is -0.122. The molecule has 0 atom stereocenters. The number of aryl methyl sites for hydroxylation is 2. The fourth-order valence-corrected chi connectivity index (χ4v) is 3.11. The van der Waals surface area contributed by atoms with Gasteiger partial charge in [-0.05, 0) is 43.0 Å². The van der Waals surface area contributed by atoms with Crippen LogP contribution in [0.3, 0.4) is 0 Å². The summed E-state index contributed by atoms with van der Waals surface area (Å²) in [4.78, 5) is 38.6. The van der Waals surface area contributed by atoms with E-state index in [9.17, 15) is 14.4 Å². The van der Waals surface area contributed by atoms with Gasteiger partial charge < -0.3 is 0 Å². The van der Waals surface area contributed by atoms with Gasteiger partial charge in [0.1, 0.15) is 5.57 Å². The largest absolute Gasteiger partial charge is 0.335 e. The van der Waals surface area contributed by atoms with Crippen molar-refractivity contribution in [3.63, 3.8) is 0 Å². The van der Waals surface area contributed by atoms with Gasteiger partial charge in [0, 0.05) is 4.88 Å². The first-order valence-electron chi connectivity index (χ1n) is 6.99. The summed E-state index contributed by atoms with van der Waals surface area (Å²) in [5, 5.41) is 4.08. The van der Waals surface area contributed by atoms with Gasteiger partial charge >= 0.3 is 6.03 Å². The predicted molar refractivity (Wildman–Crippen MR) is 89.2 cm³/mol. The number of amides is 4. The van der Waals surface area contributed by atoms with Crippen LogP contribution >= 0.6 is 11.3 Å². The summed E-state index contributed by atoms with van der Waals surface area (Å²) in [7, 11) is 0. The van der Waals surface area contributed by atoms with Gasteiger partial charge in [-0.25, -0.2) is 9.69 Å². The van der Waals surface area contributed by atoms with Crippen LogP contribution in [0, 0.1) is 13.8 Å². The molecule has 23 heavy (non-hydrogen) atoms. The Hall–Kier alpha value is -2.73. The highest BCUT2D eigenvalue weighted by Crippen LogP contribution is 2.26. The normalized spacial score (nSPS) is 16.9. The Morgan fingerprint density at radius 3 is 2.57 bits per heavy atom. The third-order valence-electron chi connectivity index (χ3n) is 3.52. The monoisotopic (exact) mass is 326 g/mol. The van der Waals surface area contributed by atoms with Crippen LogP contribution in [0.2, 0.25) is 0 Å². The lowest BCUT2D eigenvalue weighted by atomic mass is 10.1. The van der Waals surface area contributed by atoms with E-state index in [1.54, 1.807) is 12.1 Å². The molecular formula is C17H14N2O3S. The number of carbonyl (C=O) groups excluding carboxylic acids is 3. The van der Waals surface area contributed by atoms with E-state index in [1.807, 2.05) is 37.4 Å². The van der Waals surface area contributed by atoms with Crippen LogP contribution in [0.1, 0.15) is 16.0 Å². The van der Waals surface area contributed by atoms with Gasteiger partial charge in [-0.1, -0.05) is 23.8 Å². The maximum Gasteiger partial charge on any atom is 0.335 e. The van der Waals surface area contributed by atoms with Gasteiger partial charge in [-0.15, -0.1) is 11.3 Å². The summed E-state index contributed by atoms with van der Waals surface area (Å²) in [5.41, 5.74) is 2.24. The van der Waals surface area contributed by atoms with Crippen LogP contribution in [0.15, 0.2) is 41.3 Å². The van der Waals surface area contributed by atoms with Crippen LogP contribution in [0.4, 0.5) is 10.5 Å². The Morgan fingerprint density at radius 2 is 1.91 bits per heavy atom. The number of nitrogens with one attached hydrogen (secondary N) is 1. The number of benzene rings is 1. The average Bonchev–Trinajstić information content (AvgIpc) is 2.98. The third kappa shape index (κ3) is 2.80. The Morgan fingerprint density at radius 1 is 1.13 bits per heavy atom. The molecule has 0 aliphatic carbocycles. The third-order valence-corrected chi connectivity index (χ3v) is 4.34. The first-order valence-corrected chi connectivity index (χ1v) is 7.87. The van der Waals surface area contributed by atoms with Crippen molar-refractivity contribution in [2.45, 2.75) is 13.8 Å². The molecule has 0 unspecified atom stereocenters. The molecule has 0 spiro atoms. The van der Waals surface area contributed by atoms with Crippen molar-refractivity contribution >= 4 is 40.9 Å². The number of rotatable bonds is 2. The highest BCUT2D eigenvalue weighted by atomic mass is 32.1. The summed E-state index contributed by atoms with van der Waals surface area (Å²) in [6.07, 6.45) is 1.51. The van der Waals surface area contributed by atoms with Crippen molar-refractivity contribution in [3.8, 4) is 0 Å². The predicted octanol–water partition coefficient (Wildman–Crippen LogP) is 3.03. The molecule has 4 amide bonds. The number of nitrogens with zero attached hydrogens (tertiary/aromatic N) is 1. The Balaban J connectivity index is 2.05. The number of anilines is 1. The molecule has 0 radical (unpaired) electrons. The quantitative estimate of drug-likeness (QED) is 0.681. The van der Waals surface area contributed by atoms with Gasteiger partial charge in [-0.3, -0.25) is 14.9 Å². The number of barbiturate groups is 1. The Labute approximate surface area is 137 Å². The molecule has 1 aliphatic heterocycles. The van der Waals surface area contributed by atoms with Crippen molar-refractivity contribution in [1.82, 2.24) is 5.32 Å². The highest BCUT2D eigenvalue weighted by Gasteiger charge is 2.37. The van der Waals surface area contributed by atoms with E-state index in [4.69, 9.17) is 0 Å². The van der Waals surface area contributed by atoms with Crippen LogP contribution in [-0.4, -0.2) is 17.8 Å². The zero-order chi connectivity index (χ0) is 16.6. The molecule has 3 rings (SSSR count). The number of hydrogen-bond donors (Lipinski definition) is 1. The second-order valence-electron chi connectivity index (χ2n) is 5.26. The number of carbonyl (C=O) groups is 3. The minimum absolute atomic E-state index is 0.0491. The highest BCUT2D eigenvalue weighted by molar-refractivity contribution is 7.10. The lowest BCUT2D eigenvalue weighted by Gasteiger charge is -2.27. The van der Waals surface area contributed by atoms with Crippen molar-refractivity contribution in [3.05, 3.63) is 57.3 Å². The van der Waals surface area contributed by atoms with E-state index in [2.05, 4.69) is 5.32 Å². The van der Waals surface area contributed by atoms with Crippen LogP contribution in [-0.2, 0) is 9.59 Å².